The highest BCUT2D eigenvalue weighted by Gasteiger charge is 2.40. The van der Waals surface area contributed by atoms with Crippen molar-refractivity contribution < 1.29 is 19.3 Å². The van der Waals surface area contributed by atoms with E-state index in [4.69, 9.17) is 14.9 Å². The fourth-order valence-corrected chi connectivity index (χ4v) is 1.07. The van der Waals surface area contributed by atoms with Crippen LogP contribution in [0.25, 0.3) is 0 Å². The van der Waals surface area contributed by atoms with Gasteiger partial charge in [-0.05, 0) is 6.92 Å². The summed E-state index contributed by atoms with van der Waals surface area (Å²) in [4.78, 5) is 0. The normalized spacial score (nSPS) is 48.0. The molecule has 4 atom stereocenters. The van der Waals surface area contributed by atoms with Crippen molar-refractivity contribution in [2.75, 3.05) is 6.61 Å². The van der Waals surface area contributed by atoms with Gasteiger partial charge in [-0.3, -0.25) is 0 Å². The van der Waals surface area contributed by atoms with E-state index in [1.807, 2.05) is 0 Å². The minimum Gasteiger partial charge on any atom is -0.394 e. The Morgan fingerprint density at radius 1 is 1.60 bits per heavy atom. The Balaban J connectivity index is 2.53. The number of hydrogen-bond acceptors (Lipinski definition) is 3. The van der Waals surface area contributed by atoms with Gasteiger partial charge in [-0.1, -0.05) is 0 Å². The average molecular weight is 150 g/mol. The molecule has 0 amide bonds. The molecule has 0 aromatic carbocycles. The third kappa shape index (κ3) is 1.14. The first kappa shape index (κ1) is 7.91. The Morgan fingerprint density at radius 2 is 2.20 bits per heavy atom. The quantitative estimate of drug-likeness (QED) is 0.528. The van der Waals surface area contributed by atoms with Gasteiger partial charge in [-0.15, -0.1) is 0 Å². The highest BCUT2D eigenvalue weighted by Crippen LogP contribution is 2.22. The van der Waals surface area contributed by atoms with Crippen LogP contribution in [0.15, 0.2) is 0 Å². The second-order valence-corrected chi connectivity index (χ2v) is 2.50. The zero-order valence-corrected chi connectivity index (χ0v) is 5.70. The van der Waals surface area contributed by atoms with E-state index in [0.29, 0.717) is 0 Å². The molecule has 0 aromatic rings. The number of alkyl halides is 1. The van der Waals surface area contributed by atoms with Gasteiger partial charge in [0.25, 0.3) is 0 Å². The van der Waals surface area contributed by atoms with Crippen LogP contribution in [0.1, 0.15) is 6.92 Å². The number of rotatable bonds is 1. The van der Waals surface area contributed by atoms with E-state index in [9.17, 15) is 4.39 Å². The standard InChI is InChI=1S/C6H11FO3/c1-3-5(7)6(9)4(2-8)10-3/h3-6,8-9H,2H2,1H3/t3?,4-,5-,6-/m1/s1. The summed E-state index contributed by atoms with van der Waals surface area (Å²) in [6.07, 6.45) is -3.88. The lowest BCUT2D eigenvalue weighted by molar-refractivity contribution is -0.0171. The Bertz CT molecular complexity index is 120. The molecule has 60 valence electrons. The number of aliphatic hydroxyl groups is 2. The van der Waals surface area contributed by atoms with E-state index in [1.165, 1.54) is 6.92 Å². The number of ether oxygens (including phenoxy) is 1. The van der Waals surface area contributed by atoms with Gasteiger partial charge in [-0.25, -0.2) is 4.39 Å². The molecule has 1 aliphatic heterocycles. The maximum absolute atomic E-state index is 12.7. The molecule has 3 nitrogen and oxygen atoms in total. The molecule has 1 fully saturated rings. The molecule has 1 rings (SSSR count). The summed E-state index contributed by atoms with van der Waals surface area (Å²) in [6.45, 7) is 1.20. The third-order valence-electron chi connectivity index (χ3n) is 1.73. The number of hydrogen-bond donors (Lipinski definition) is 2. The Kier molecular flexibility index (Phi) is 2.23. The lowest BCUT2D eigenvalue weighted by atomic mass is 10.1. The van der Waals surface area contributed by atoms with Gasteiger partial charge in [0.1, 0.15) is 12.2 Å². The minimum absolute atomic E-state index is 0.327. The summed E-state index contributed by atoms with van der Waals surface area (Å²) in [5, 5.41) is 17.5. The van der Waals surface area contributed by atoms with Crippen molar-refractivity contribution in [3.05, 3.63) is 0 Å². The van der Waals surface area contributed by atoms with Gasteiger partial charge in [0.2, 0.25) is 0 Å². The molecule has 1 saturated heterocycles. The molecule has 1 unspecified atom stereocenters. The average Bonchev–Trinajstić information content (AvgIpc) is 2.17. The van der Waals surface area contributed by atoms with Crippen molar-refractivity contribution >= 4 is 0 Å². The monoisotopic (exact) mass is 150 g/mol. The third-order valence-corrected chi connectivity index (χ3v) is 1.73. The van der Waals surface area contributed by atoms with Gasteiger partial charge < -0.3 is 14.9 Å². The predicted octanol–water partition coefficient (Wildman–Crippen LogP) is -0.535. The summed E-state index contributed by atoms with van der Waals surface area (Å²) in [5.41, 5.74) is 0. The molecule has 0 aromatic heterocycles. The second-order valence-electron chi connectivity index (χ2n) is 2.50. The number of halogens is 1. The summed E-state index contributed by atoms with van der Waals surface area (Å²) < 4.78 is 17.5. The first-order valence-electron chi connectivity index (χ1n) is 3.25. The van der Waals surface area contributed by atoms with Crippen LogP contribution in [0.5, 0.6) is 0 Å². The second kappa shape index (κ2) is 2.82. The highest BCUT2D eigenvalue weighted by atomic mass is 19.1. The summed E-state index contributed by atoms with van der Waals surface area (Å²) >= 11 is 0. The van der Waals surface area contributed by atoms with Crippen molar-refractivity contribution in [3.63, 3.8) is 0 Å². The Morgan fingerprint density at radius 3 is 2.40 bits per heavy atom. The maximum atomic E-state index is 12.7. The molecule has 0 spiro atoms. The van der Waals surface area contributed by atoms with E-state index in [2.05, 4.69) is 0 Å². The van der Waals surface area contributed by atoms with Crippen LogP contribution >= 0.6 is 0 Å². The molecule has 1 heterocycles. The topological polar surface area (TPSA) is 49.7 Å². The Hall–Kier alpha value is -0.190. The fourth-order valence-electron chi connectivity index (χ4n) is 1.07. The molecule has 0 saturated carbocycles. The molecule has 10 heavy (non-hydrogen) atoms. The Labute approximate surface area is 58.4 Å². The van der Waals surface area contributed by atoms with Gasteiger partial charge >= 0.3 is 0 Å². The minimum atomic E-state index is -1.36. The molecular formula is C6H11FO3. The zero-order valence-electron chi connectivity index (χ0n) is 5.70. The molecular weight excluding hydrogens is 139 g/mol. The molecule has 2 N–H and O–H groups in total. The first-order chi connectivity index (χ1) is 4.66. The molecule has 4 heteroatoms. The highest BCUT2D eigenvalue weighted by molar-refractivity contribution is 4.88. The van der Waals surface area contributed by atoms with Gasteiger partial charge in [0.15, 0.2) is 6.17 Å². The van der Waals surface area contributed by atoms with Crippen LogP contribution in [0.3, 0.4) is 0 Å². The van der Waals surface area contributed by atoms with Crippen LogP contribution in [0, 0.1) is 0 Å². The lowest BCUT2D eigenvalue weighted by Crippen LogP contribution is -2.30. The van der Waals surface area contributed by atoms with Crippen LogP contribution in [-0.4, -0.2) is 41.3 Å². The smallest absolute Gasteiger partial charge is 0.154 e. The van der Waals surface area contributed by atoms with Crippen molar-refractivity contribution in [3.8, 4) is 0 Å². The van der Waals surface area contributed by atoms with Gasteiger partial charge in [0, 0.05) is 0 Å². The van der Waals surface area contributed by atoms with Crippen molar-refractivity contribution in [2.45, 2.75) is 31.4 Å². The largest absolute Gasteiger partial charge is 0.394 e. The lowest BCUT2D eigenvalue weighted by Gasteiger charge is -2.09. The van der Waals surface area contributed by atoms with Crippen LogP contribution < -0.4 is 0 Å². The van der Waals surface area contributed by atoms with Crippen molar-refractivity contribution in [1.82, 2.24) is 0 Å². The molecule has 0 radical (unpaired) electrons. The van der Waals surface area contributed by atoms with Crippen LogP contribution in [0.4, 0.5) is 4.39 Å². The van der Waals surface area contributed by atoms with E-state index in [0.717, 1.165) is 0 Å². The predicted molar refractivity (Wildman–Crippen MR) is 32.3 cm³/mol. The number of aliphatic hydroxyl groups excluding tert-OH is 2. The zero-order chi connectivity index (χ0) is 7.72. The van der Waals surface area contributed by atoms with Crippen LogP contribution in [0.2, 0.25) is 0 Å². The van der Waals surface area contributed by atoms with Crippen LogP contribution in [-0.2, 0) is 4.74 Å². The van der Waals surface area contributed by atoms with E-state index in [1.54, 1.807) is 0 Å². The molecule has 0 aliphatic carbocycles. The molecule has 0 bridgehead atoms. The van der Waals surface area contributed by atoms with Gasteiger partial charge in [-0.2, -0.15) is 0 Å². The van der Waals surface area contributed by atoms with E-state index in [-0.39, 0.29) is 6.61 Å². The summed E-state index contributed by atoms with van der Waals surface area (Å²) in [7, 11) is 0. The molecule has 1 aliphatic rings. The fraction of sp³-hybridized carbons (Fsp3) is 1.00. The van der Waals surface area contributed by atoms with E-state index >= 15 is 0 Å². The first-order valence-corrected chi connectivity index (χ1v) is 3.25. The van der Waals surface area contributed by atoms with E-state index < -0.39 is 24.5 Å². The summed E-state index contributed by atoms with van der Waals surface area (Å²) in [6, 6.07) is 0. The SMILES string of the molecule is CC1O[C@H](CO)[C@@H](O)[C@@H]1F. The maximum Gasteiger partial charge on any atom is 0.154 e. The summed E-state index contributed by atoms with van der Waals surface area (Å²) in [5.74, 6) is 0. The van der Waals surface area contributed by atoms with Crippen molar-refractivity contribution in [1.29, 1.82) is 0 Å². The van der Waals surface area contributed by atoms with Crippen molar-refractivity contribution in [2.24, 2.45) is 0 Å². The van der Waals surface area contributed by atoms with Gasteiger partial charge in [0.05, 0.1) is 12.7 Å².